The Hall–Kier alpha value is 0.170. The van der Waals surface area contributed by atoms with Gasteiger partial charge in [0.15, 0.2) is 12.1 Å². The van der Waals surface area contributed by atoms with Crippen LogP contribution in [-0.4, -0.2) is 35.5 Å². The molecule has 3 nitrogen and oxygen atoms in total. The summed E-state index contributed by atoms with van der Waals surface area (Å²) in [6.07, 6.45) is -1.11. The Labute approximate surface area is 87.3 Å². The molecular weight excluding hydrogens is 215 g/mol. The van der Waals surface area contributed by atoms with Crippen molar-refractivity contribution in [1.29, 1.82) is 0 Å². The van der Waals surface area contributed by atoms with E-state index in [1.807, 2.05) is 6.92 Å². The van der Waals surface area contributed by atoms with Crippen molar-refractivity contribution in [3.8, 4) is 0 Å². The van der Waals surface area contributed by atoms with Crippen molar-refractivity contribution in [2.75, 3.05) is 6.61 Å². The zero-order chi connectivity index (χ0) is 10.0. The van der Waals surface area contributed by atoms with E-state index >= 15 is 0 Å². The molecule has 13 heavy (non-hydrogen) atoms. The highest BCUT2D eigenvalue weighted by Gasteiger charge is 2.41. The van der Waals surface area contributed by atoms with E-state index in [4.69, 9.17) is 32.7 Å². The third kappa shape index (κ3) is 2.34. The molecule has 0 radical (unpaired) electrons. The van der Waals surface area contributed by atoms with Crippen molar-refractivity contribution in [2.24, 2.45) is 0 Å². The summed E-state index contributed by atoms with van der Waals surface area (Å²) < 4.78 is 10.4. The summed E-state index contributed by atoms with van der Waals surface area (Å²) in [5.74, 6) is -0.183. The maximum atomic E-state index is 11.3. The van der Waals surface area contributed by atoms with E-state index in [0.717, 1.165) is 0 Å². The fraction of sp³-hybridized carbons (Fsp3) is 0.875. The van der Waals surface area contributed by atoms with E-state index in [1.54, 1.807) is 6.92 Å². The van der Waals surface area contributed by atoms with Crippen molar-refractivity contribution in [3.05, 3.63) is 0 Å². The summed E-state index contributed by atoms with van der Waals surface area (Å²) in [7, 11) is 0. The summed E-state index contributed by atoms with van der Waals surface area (Å²) in [4.78, 5) is 11.3. The Morgan fingerprint density at radius 3 is 2.69 bits per heavy atom. The molecule has 0 bridgehead atoms. The first-order valence-corrected chi connectivity index (χ1v) is 5.04. The van der Waals surface area contributed by atoms with E-state index in [2.05, 4.69) is 0 Å². The Morgan fingerprint density at radius 2 is 2.15 bits per heavy atom. The van der Waals surface area contributed by atoms with Crippen LogP contribution in [0.2, 0.25) is 0 Å². The van der Waals surface area contributed by atoms with Crippen LogP contribution in [0.15, 0.2) is 0 Å². The normalized spacial score (nSPS) is 40.8. The van der Waals surface area contributed by atoms with Gasteiger partial charge in [0.05, 0.1) is 0 Å². The summed E-state index contributed by atoms with van der Waals surface area (Å²) >= 11 is 11.7. The van der Waals surface area contributed by atoms with Gasteiger partial charge in [-0.05, 0) is 13.8 Å². The molecule has 76 valence electrons. The van der Waals surface area contributed by atoms with Crippen LogP contribution in [0.5, 0.6) is 0 Å². The van der Waals surface area contributed by atoms with E-state index in [-0.39, 0.29) is 5.78 Å². The standard InChI is InChI=1S/C8H12Cl2O3/c1-3-12-8-6(10)5(9)7(11)4(2)13-8/h4-6,8H,3H2,1-2H3. The quantitative estimate of drug-likeness (QED) is 0.671. The van der Waals surface area contributed by atoms with E-state index < -0.39 is 23.1 Å². The van der Waals surface area contributed by atoms with Gasteiger partial charge in [-0.15, -0.1) is 23.2 Å². The Morgan fingerprint density at radius 1 is 1.54 bits per heavy atom. The van der Waals surface area contributed by atoms with Gasteiger partial charge in [0.2, 0.25) is 0 Å². The van der Waals surface area contributed by atoms with E-state index in [1.165, 1.54) is 0 Å². The zero-order valence-electron chi connectivity index (χ0n) is 7.50. The fourth-order valence-corrected chi connectivity index (χ4v) is 1.71. The predicted octanol–water partition coefficient (Wildman–Crippen LogP) is 1.55. The third-order valence-corrected chi connectivity index (χ3v) is 2.95. The monoisotopic (exact) mass is 226 g/mol. The average molecular weight is 227 g/mol. The Kier molecular flexibility index (Phi) is 3.98. The number of carbonyl (C=O) groups is 1. The summed E-state index contributed by atoms with van der Waals surface area (Å²) in [5.41, 5.74) is 0. The third-order valence-electron chi connectivity index (χ3n) is 1.88. The summed E-state index contributed by atoms with van der Waals surface area (Å²) in [5, 5.41) is -1.33. The number of halogens is 2. The topological polar surface area (TPSA) is 35.5 Å². The first kappa shape index (κ1) is 11.2. The number of hydrogen-bond donors (Lipinski definition) is 0. The lowest BCUT2D eigenvalue weighted by atomic mass is 10.1. The summed E-state index contributed by atoms with van der Waals surface area (Å²) in [6.45, 7) is 3.96. The Bertz CT molecular complexity index is 198. The van der Waals surface area contributed by atoms with Crippen molar-refractivity contribution in [2.45, 2.75) is 37.0 Å². The predicted molar refractivity (Wildman–Crippen MR) is 50.3 cm³/mol. The second-order valence-electron chi connectivity index (χ2n) is 2.85. The molecule has 4 unspecified atom stereocenters. The van der Waals surface area contributed by atoms with Crippen LogP contribution in [0.3, 0.4) is 0 Å². The molecule has 1 heterocycles. The number of ether oxygens (including phenoxy) is 2. The molecule has 0 saturated carbocycles. The maximum absolute atomic E-state index is 11.3. The van der Waals surface area contributed by atoms with Crippen molar-refractivity contribution < 1.29 is 14.3 Å². The molecule has 0 aromatic carbocycles. The first-order chi connectivity index (χ1) is 6.07. The van der Waals surface area contributed by atoms with Gasteiger partial charge in [0, 0.05) is 6.61 Å². The molecule has 1 fully saturated rings. The molecule has 1 aliphatic rings. The highest BCUT2D eigenvalue weighted by Crippen LogP contribution is 2.26. The molecule has 1 rings (SSSR count). The van der Waals surface area contributed by atoms with Gasteiger partial charge in [-0.3, -0.25) is 4.79 Å². The van der Waals surface area contributed by atoms with E-state index in [0.29, 0.717) is 6.61 Å². The molecular formula is C8H12Cl2O3. The molecule has 5 heteroatoms. The second-order valence-corrected chi connectivity index (χ2v) is 3.82. The smallest absolute Gasteiger partial charge is 0.180 e. The molecule has 0 aliphatic carbocycles. The minimum atomic E-state index is -0.720. The molecule has 0 spiro atoms. The van der Waals surface area contributed by atoms with Gasteiger partial charge in [0.1, 0.15) is 16.9 Å². The molecule has 1 saturated heterocycles. The molecule has 4 atom stereocenters. The first-order valence-electron chi connectivity index (χ1n) is 4.16. The number of alkyl halides is 2. The van der Waals surface area contributed by atoms with E-state index in [9.17, 15) is 4.79 Å². The van der Waals surface area contributed by atoms with Gasteiger partial charge >= 0.3 is 0 Å². The van der Waals surface area contributed by atoms with Crippen LogP contribution >= 0.6 is 23.2 Å². The van der Waals surface area contributed by atoms with Crippen molar-refractivity contribution in [1.82, 2.24) is 0 Å². The largest absolute Gasteiger partial charge is 0.351 e. The number of hydrogen-bond acceptors (Lipinski definition) is 3. The molecule has 0 aromatic rings. The molecule has 0 N–H and O–H groups in total. The minimum Gasteiger partial charge on any atom is -0.351 e. The lowest BCUT2D eigenvalue weighted by molar-refractivity contribution is -0.187. The molecule has 1 aliphatic heterocycles. The minimum absolute atomic E-state index is 0.183. The lowest BCUT2D eigenvalue weighted by Crippen LogP contribution is -2.50. The van der Waals surface area contributed by atoms with Crippen LogP contribution in [0, 0.1) is 0 Å². The summed E-state index contributed by atoms with van der Waals surface area (Å²) in [6, 6.07) is 0. The van der Waals surface area contributed by atoms with Crippen molar-refractivity contribution in [3.63, 3.8) is 0 Å². The van der Waals surface area contributed by atoms with Crippen molar-refractivity contribution >= 4 is 29.0 Å². The number of carbonyl (C=O) groups excluding carboxylic acids is 1. The Balaban J connectivity index is 2.64. The van der Waals surface area contributed by atoms with Gasteiger partial charge < -0.3 is 9.47 Å². The van der Waals surface area contributed by atoms with Crippen LogP contribution < -0.4 is 0 Å². The van der Waals surface area contributed by atoms with Gasteiger partial charge in [0.25, 0.3) is 0 Å². The number of rotatable bonds is 2. The lowest BCUT2D eigenvalue weighted by Gasteiger charge is -2.33. The molecule has 0 amide bonds. The van der Waals surface area contributed by atoms with Crippen LogP contribution in [-0.2, 0) is 14.3 Å². The molecule has 0 aromatic heterocycles. The zero-order valence-corrected chi connectivity index (χ0v) is 9.01. The maximum Gasteiger partial charge on any atom is 0.180 e. The fourth-order valence-electron chi connectivity index (χ4n) is 1.16. The SMILES string of the molecule is CCOC1OC(C)C(=O)C(Cl)C1Cl. The van der Waals surface area contributed by atoms with Crippen LogP contribution in [0.4, 0.5) is 0 Å². The van der Waals surface area contributed by atoms with Crippen LogP contribution in [0.25, 0.3) is 0 Å². The second kappa shape index (κ2) is 4.60. The number of Topliss-reactive ketones (excluding diaryl/α,β-unsaturated/α-hetero) is 1. The highest BCUT2D eigenvalue weighted by molar-refractivity contribution is 6.38. The van der Waals surface area contributed by atoms with Gasteiger partial charge in [-0.2, -0.15) is 0 Å². The highest BCUT2D eigenvalue weighted by atomic mass is 35.5. The van der Waals surface area contributed by atoms with Crippen LogP contribution in [0.1, 0.15) is 13.8 Å². The number of ketones is 1. The van der Waals surface area contributed by atoms with Gasteiger partial charge in [-0.25, -0.2) is 0 Å². The average Bonchev–Trinajstić information content (AvgIpc) is 2.11. The van der Waals surface area contributed by atoms with Gasteiger partial charge in [-0.1, -0.05) is 0 Å².